The third-order valence-electron chi connectivity index (χ3n) is 2.46. The first-order chi connectivity index (χ1) is 8.70. The smallest absolute Gasteiger partial charge is 0.138 e. The second kappa shape index (κ2) is 6.21. The molecule has 0 aliphatic carbocycles. The van der Waals surface area contributed by atoms with Crippen molar-refractivity contribution in [2.45, 2.75) is 12.5 Å². The number of alkyl halides is 1. The maximum atomic E-state index is 13.0. The van der Waals surface area contributed by atoms with Crippen LogP contribution in [0.4, 0.5) is 4.39 Å². The van der Waals surface area contributed by atoms with E-state index >= 15 is 0 Å². The highest BCUT2D eigenvalue weighted by atomic mass is 79.9. The van der Waals surface area contributed by atoms with E-state index in [2.05, 4.69) is 15.9 Å². The van der Waals surface area contributed by atoms with Crippen LogP contribution in [0.3, 0.4) is 0 Å². The van der Waals surface area contributed by atoms with Crippen molar-refractivity contribution in [3.8, 4) is 5.75 Å². The molecule has 1 nitrogen and oxygen atoms in total. The van der Waals surface area contributed by atoms with Gasteiger partial charge in [-0.25, -0.2) is 4.39 Å². The zero-order valence-corrected chi connectivity index (χ0v) is 11.8. The molecule has 0 aliphatic rings. The summed E-state index contributed by atoms with van der Waals surface area (Å²) >= 11 is 9.27. The van der Waals surface area contributed by atoms with Crippen LogP contribution in [0.1, 0.15) is 11.1 Å². The minimum absolute atomic E-state index is 0.263. The Hall–Kier alpha value is -1.06. The molecule has 0 aromatic heterocycles. The molecule has 0 heterocycles. The highest BCUT2D eigenvalue weighted by molar-refractivity contribution is 9.10. The summed E-state index contributed by atoms with van der Waals surface area (Å²) in [6, 6.07) is 12.0. The average Bonchev–Trinajstić information content (AvgIpc) is 2.37. The zero-order valence-electron chi connectivity index (χ0n) is 9.50. The molecular weight excluding hydrogens is 319 g/mol. The summed E-state index contributed by atoms with van der Waals surface area (Å²) in [4.78, 5) is 0. The Morgan fingerprint density at radius 1 is 1.17 bits per heavy atom. The topological polar surface area (TPSA) is 9.23 Å². The molecule has 0 bridgehead atoms. The fraction of sp³-hybridized carbons (Fsp3) is 0.143. The maximum absolute atomic E-state index is 13.0. The van der Waals surface area contributed by atoms with E-state index in [0.29, 0.717) is 18.2 Å². The number of rotatable bonds is 4. The molecule has 0 radical (unpaired) electrons. The minimum atomic E-state index is -0.263. The first-order valence-corrected chi connectivity index (χ1v) is 6.74. The molecule has 0 aliphatic heterocycles. The quantitative estimate of drug-likeness (QED) is 0.725. The summed E-state index contributed by atoms with van der Waals surface area (Å²) in [5, 5.41) is 0. The molecule has 94 valence electrons. The van der Waals surface area contributed by atoms with Gasteiger partial charge < -0.3 is 4.74 Å². The van der Waals surface area contributed by atoms with Gasteiger partial charge in [-0.3, -0.25) is 0 Å². The van der Waals surface area contributed by atoms with Gasteiger partial charge in [-0.05, 0) is 39.7 Å². The summed E-state index contributed by atoms with van der Waals surface area (Å²) in [6.07, 6.45) is 0. The SMILES string of the molecule is Fc1cccc(COc2c(Br)cccc2CCl)c1. The van der Waals surface area contributed by atoms with Crippen LogP contribution in [0, 0.1) is 5.82 Å². The number of ether oxygens (including phenoxy) is 1. The van der Waals surface area contributed by atoms with Crippen molar-refractivity contribution >= 4 is 27.5 Å². The Morgan fingerprint density at radius 2 is 1.94 bits per heavy atom. The third-order valence-corrected chi connectivity index (χ3v) is 3.38. The van der Waals surface area contributed by atoms with Gasteiger partial charge >= 0.3 is 0 Å². The normalized spacial score (nSPS) is 10.4. The van der Waals surface area contributed by atoms with E-state index in [-0.39, 0.29) is 5.82 Å². The summed E-state index contributed by atoms with van der Waals surface area (Å²) in [5.74, 6) is 0.815. The van der Waals surface area contributed by atoms with Crippen molar-refractivity contribution in [1.82, 2.24) is 0 Å². The van der Waals surface area contributed by atoms with Gasteiger partial charge in [0.15, 0.2) is 0 Å². The van der Waals surface area contributed by atoms with E-state index in [0.717, 1.165) is 15.6 Å². The molecule has 0 saturated carbocycles. The van der Waals surface area contributed by atoms with Gasteiger partial charge in [-0.2, -0.15) is 0 Å². The lowest BCUT2D eigenvalue weighted by molar-refractivity contribution is 0.301. The standard InChI is InChI=1S/C14H11BrClFO/c15-13-6-2-4-11(8-16)14(13)18-9-10-3-1-5-12(17)7-10/h1-7H,8-9H2. The molecule has 2 aromatic rings. The number of hydrogen-bond acceptors (Lipinski definition) is 1. The summed E-state index contributed by atoms with van der Waals surface area (Å²) < 4.78 is 19.6. The molecule has 2 rings (SSSR count). The number of hydrogen-bond donors (Lipinski definition) is 0. The maximum Gasteiger partial charge on any atom is 0.138 e. The first-order valence-electron chi connectivity index (χ1n) is 5.41. The van der Waals surface area contributed by atoms with Crippen LogP contribution in [0.15, 0.2) is 46.9 Å². The molecule has 0 atom stereocenters. The van der Waals surface area contributed by atoms with Crippen molar-refractivity contribution in [2.75, 3.05) is 0 Å². The molecule has 2 aromatic carbocycles. The fourth-order valence-electron chi connectivity index (χ4n) is 1.60. The van der Waals surface area contributed by atoms with Gasteiger partial charge in [-0.1, -0.05) is 24.3 Å². The van der Waals surface area contributed by atoms with Crippen LogP contribution >= 0.6 is 27.5 Å². The second-order valence-electron chi connectivity index (χ2n) is 3.78. The van der Waals surface area contributed by atoms with Gasteiger partial charge in [0.25, 0.3) is 0 Å². The molecule has 0 amide bonds. The Labute approximate surface area is 119 Å². The molecule has 0 spiro atoms. The molecule has 0 unspecified atom stereocenters. The average molecular weight is 330 g/mol. The zero-order chi connectivity index (χ0) is 13.0. The van der Waals surface area contributed by atoms with Crippen molar-refractivity contribution < 1.29 is 9.13 Å². The lowest BCUT2D eigenvalue weighted by Gasteiger charge is -2.12. The van der Waals surface area contributed by atoms with Gasteiger partial charge in [0.1, 0.15) is 18.2 Å². The Kier molecular flexibility index (Phi) is 4.61. The molecule has 0 fully saturated rings. The van der Waals surface area contributed by atoms with E-state index in [9.17, 15) is 4.39 Å². The predicted molar refractivity (Wildman–Crippen MR) is 74.4 cm³/mol. The van der Waals surface area contributed by atoms with Crippen LogP contribution in [-0.4, -0.2) is 0 Å². The van der Waals surface area contributed by atoms with E-state index in [1.165, 1.54) is 12.1 Å². The van der Waals surface area contributed by atoms with Crippen LogP contribution in [-0.2, 0) is 12.5 Å². The first kappa shape index (κ1) is 13.4. The van der Waals surface area contributed by atoms with Gasteiger partial charge in [0.05, 0.1) is 10.4 Å². The fourth-order valence-corrected chi connectivity index (χ4v) is 2.33. The minimum Gasteiger partial charge on any atom is -0.487 e. The number of benzene rings is 2. The Bertz CT molecular complexity index is 545. The van der Waals surface area contributed by atoms with E-state index in [4.69, 9.17) is 16.3 Å². The largest absolute Gasteiger partial charge is 0.487 e. The van der Waals surface area contributed by atoms with Crippen molar-refractivity contribution in [3.63, 3.8) is 0 Å². The lowest BCUT2D eigenvalue weighted by atomic mass is 10.2. The van der Waals surface area contributed by atoms with Crippen molar-refractivity contribution in [3.05, 3.63) is 63.9 Å². The summed E-state index contributed by atoms with van der Waals surface area (Å²) in [7, 11) is 0. The van der Waals surface area contributed by atoms with E-state index in [1.807, 2.05) is 24.3 Å². The monoisotopic (exact) mass is 328 g/mol. The van der Waals surface area contributed by atoms with Gasteiger partial charge in [0, 0.05) is 5.56 Å². The molecule has 0 saturated heterocycles. The van der Waals surface area contributed by atoms with Crippen LogP contribution < -0.4 is 4.74 Å². The van der Waals surface area contributed by atoms with Crippen molar-refractivity contribution in [2.24, 2.45) is 0 Å². The van der Waals surface area contributed by atoms with Crippen molar-refractivity contribution in [1.29, 1.82) is 0 Å². The number of para-hydroxylation sites is 1. The van der Waals surface area contributed by atoms with Crippen LogP contribution in [0.5, 0.6) is 5.75 Å². The summed E-state index contributed by atoms with van der Waals surface area (Å²) in [6.45, 7) is 0.310. The summed E-state index contributed by atoms with van der Waals surface area (Å²) in [5.41, 5.74) is 1.69. The predicted octanol–water partition coefficient (Wildman–Crippen LogP) is 4.91. The van der Waals surface area contributed by atoms with Crippen LogP contribution in [0.2, 0.25) is 0 Å². The van der Waals surface area contributed by atoms with Crippen LogP contribution in [0.25, 0.3) is 0 Å². The lowest BCUT2D eigenvalue weighted by Crippen LogP contribution is -1.99. The number of halogens is 3. The molecule has 4 heteroatoms. The molecule has 18 heavy (non-hydrogen) atoms. The van der Waals surface area contributed by atoms with E-state index in [1.54, 1.807) is 6.07 Å². The molecular formula is C14H11BrClFO. The van der Waals surface area contributed by atoms with Gasteiger partial charge in [0.2, 0.25) is 0 Å². The Morgan fingerprint density at radius 3 is 2.67 bits per heavy atom. The van der Waals surface area contributed by atoms with E-state index < -0.39 is 0 Å². The Balaban J connectivity index is 2.15. The molecule has 0 N–H and O–H groups in total. The second-order valence-corrected chi connectivity index (χ2v) is 4.90. The third kappa shape index (κ3) is 3.24. The van der Waals surface area contributed by atoms with Gasteiger partial charge in [-0.15, -0.1) is 11.6 Å². The highest BCUT2D eigenvalue weighted by Crippen LogP contribution is 2.30. The highest BCUT2D eigenvalue weighted by Gasteiger charge is 2.07.